The Kier molecular flexibility index (Phi) is 5.36. The zero-order valence-electron chi connectivity index (χ0n) is 9.49. The third kappa shape index (κ3) is 5.02. The first kappa shape index (κ1) is 14.4. The lowest BCUT2D eigenvalue weighted by atomic mass is 10.2. The van der Waals surface area contributed by atoms with Crippen LogP contribution in [-0.2, 0) is 16.6 Å². The highest BCUT2D eigenvalue weighted by Gasteiger charge is 2.15. The Balaban J connectivity index is 2.59. The summed E-state index contributed by atoms with van der Waals surface area (Å²) in [6.45, 7) is 1.71. The van der Waals surface area contributed by atoms with E-state index in [9.17, 15) is 12.8 Å². The molecule has 1 unspecified atom stereocenters. The van der Waals surface area contributed by atoms with Crippen molar-refractivity contribution in [2.75, 3.05) is 11.6 Å². The van der Waals surface area contributed by atoms with Crippen LogP contribution >= 0.6 is 11.6 Å². The third-order valence-corrected chi connectivity index (χ3v) is 4.33. The summed E-state index contributed by atoms with van der Waals surface area (Å²) < 4.78 is 38.8. The predicted molar refractivity (Wildman–Crippen MR) is 66.9 cm³/mol. The molecule has 0 aliphatic carbocycles. The fourth-order valence-electron chi connectivity index (χ4n) is 1.31. The van der Waals surface area contributed by atoms with Crippen LogP contribution in [0.5, 0.6) is 0 Å². The molecule has 0 amide bonds. The second kappa shape index (κ2) is 6.33. The molecule has 1 N–H and O–H groups in total. The first-order valence-corrected chi connectivity index (χ1v) is 7.40. The number of nitrogens with one attached hydrogen (secondary N) is 1. The predicted octanol–water partition coefficient (Wildman–Crippen LogP) is 2.12. The van der Waals surface area contributed by atoms with Crippen LogP contribution in [-0.4, -0.2) is 20.1 Å². The molecule has 0 aromatic heterocycles. The minimum Gasteiger partial charge on any atom is -0.212 e. The van der Waals surface area contributed by atoms with Crippen molar-refractivity contribution in [3.8, 4) is 0 Å². The van der Waals surface area contributed by atoms with E-state index in [0.717, 1.165) is 0 Å². The standard InChI is InChI=1S/C11H15ClFNO2S/c1-9(6-12)8-17(15,16)14-7-10-4-2-3-5-11(10)13/h2-5,9,14H,6-8H2,1H3. The molecular weight excluding hydrogens is 265 g/mol. The Hall–Kier alpha value is -0.650. The molecule has 0 spiro atoms. The first-order valence-electron chi connectivity index (χ1n) is 5.21. The summed E-state index contributed by atoms with van der Waals surface area (Å²) >= 11 is 5.55. The Bertz CT molecular complexity index is 464. The Morgan fingerprint density at radius 3 is 2.65 bits per heavy atom. The SMILES string of the molecule is CC(CCl)CS(=O)(=O)NCc1ccccc1F. The molecule has 0 aliphatic rings. The van der Waals surface area contributed by atoms with Crippen LogP contribution in [0.3, 0.4) is 0 Å². The highest BCUT2D eigenvalue weighted by atomic mass is 35.5. The van der Waals surface area contributed by atoms with Gasteiger partial charge < -0.3 is 0 Å². The van der Waals surface area contributed by atoms with Gasteiger partial charge >= 0.3 is 0 Å². The maximum Gasteiger partial charge on any atom is 0.212 e. The zero-order valence-corrected chi connectivity index (χ0v) is 11.1. The minimum atomic E-state index is -3.41. The first-order chi connectivity index (χ1) is 7.94. The number of sulfonamides is 1. The van der Waals surface area contributed by atoms with Gasteiger partial charge in [0.15, 0.2) is 0 Å². The van der Waals surface area contributed by atoms with Gasteiger partial charge in [-0.1, -0.05) is 25.1 Å². The summed E-state index contributed by atoms with van der Waals surface area (Å²) in [5, 5.41) is 0. The fourth-order valence-corrected chi connectivity index (χ4v) is 2.91. The van der Waals surface area contributed by atoms with Gasteiger partial charge in [-0.2, -0.15) is 0 Å². The number of alkyl halides is 1. The van der Waals surface area contributed by atoms with Crippen molar-refractivity contribution in [1.29, 1.82) is 0 Å². The maximum atomic E-state index is 13.2. The third-order valence-electron chi connectivity index (χ3n) is 2.21. The van der Waals surface area contributed by atoms with Crippen LogP contribution in [0.25, 0.3) is 0 Å². The van der Waals surface area contributed by atoms with Crippen molar-refractivity contribution >= 4 is 21.6 Å². The maximum absolute atomic E-state index is 13.2. The molecule has 1 aromatic carbocycles. The van der Waals surface area contributed by atoms with Crippen LogP contribution < -0.4 is 4.72 Å². The number of rotatable bonds is 6. The van der Waals surface area contributed by atoms with Crippen molar-refractivity contribution in [3.05, 3.63) is 35.6 Å². The Morgan fingerprint density at radius 1 is 1.41 bits per heavy atom. The molecule has 0 saturated carbocycles. The van der Waals surface area contributed by atoms with Gasteiger partial charge in [0.1, 0.15) is 5.82 Å². The van der Waals surface area contributed by atoms with Gasteiger partial charge in [0.05, 0.1) is 5.75 Å². The van der Waals surface area contributed by atoms with Crippen molar-refractivity contribution in [2.24, 2.45) is 5.92 Å². The molecule has 1 aromatic rings. The molecule has 1 atom stereocenters. The van der Waals surface area contributed by atoms with Crippen LogP contribution in [0.1, 0.15) is 12.5 Å². The lowest BCUT2D eigenvalue weighted by molar-refractivity contribution is 0.563. The average Bonchev–Trinajstić information content (AvgIpc) is 2.27. The normalized spacial score (nSPS) is 13.6. The molecule has 17 heavy (non-hydrogen) atoms. The van der Waals surface area contributed by atoms with Crippen LogP contribution in [0.4, 0.5) is 4.39 Å². The van der Waals surface area contributed by atoms with E-state index in [1.165, 1.54) is 6.07 Å². The summed E-state index contributed by atoms with van der Waals surface area (Å²) in [5.41, 5.74) is 0.328. The van der Waals surface area contributed by atoms with Crippen LogP contribution in [0.2, 0.25) is 0 Å². The summed E-state index contributed by atoms with van der Waals surface area (Å²) in [7, 11) is -3.41. The molecule has 6 heteroatoms. The second-order valence-electron chi connectivity index (χ2n) is 3.95. The average molecular weight is 280 g/mol. The molecule has 0 bridgehead atoms. The van der Waals surface area contributed by atoms with E-state index in [1.54, 1.807) is 25.1 Å². The molecule has 0 saturated heterocycles. The van der Waals surface area contributed by atoms with Crippen LogP contribution in [0.15, 0.2) is 24.3 Å². The molecule has 0 aliphatic heterocycles. The minimum absolute atomic E-state index is 0.0377. The second-order valence-corrected chi connectivity index (χ2v) is 6.11. The van der Waals surface area contributed by atoms with Gasteiger partial charge in [0.25, 0.3) is 0 Å². The molecule has 96 valence electrons. The van der Waals surface area contributed by atoms with Gasteiger partial charge in [-0.25, -0.2) is 17.5 Å². The summed E-state index contributed by atoms with van der Waals surface area (Å²) in [4.78, 5) is 0. The molecule has 1 rings (SSSR count). The van der Waals surface area contributed by atoms with Crippen molar-refractivity contribution in [1.82, 2.24) is 4.72 Å². The van der Waals surface area contributed by atoms with E-state index < -0.39 is 15.8 Å². The monoisotopic (exact) mass is 279 g/mol. The van der Waals surface area contributed by atoms with Crippen molar-refractivity contribution in [3.63, 3.8) is 0 Å². The topological polar surface area (TPSA) is 46.2 Å². The molecule has 0 fully saturated rings. The van der Waals surface area contributed by atoms with E-state index in [4.69, 9.17) is 11.6 Å². The fraction of sp³-hybridized carbons (Fsp3) is 0.455. The molecule has 0 heterocycles. The summed E-state index contributed by atoms with van der Waals surface area (Å²) in [6, 6.07) is 6.06. The number of hydrogen-bond acceptors (Lipinski definition) is 2. The molecular formula is C11H15ClFNO2S. The summed E-state index contributed by atoms with van der Waals surface area (Å²) in [6.07, 6.45) is 0. The zero-order chi connectivity index (χ0) is 12.9. The summed E-state index contributed by atoms with van der Waals surface area (Å²) in [5.74, 6) is -0.318. The smallest absolute Gasteiger partial charge is 0.212 e. The molecule has 3 nitrogen and oxygen atoms in total. The van der Waals surface area contributed by atoms with Crippen molar-refractivity contribution < 1.29 is 12.8 Å². The lowest BCUT2D eigenvalue weighted by Gasteiger charge is -2.10. The van der Waals surface area contributed by atoms with Crippen molar-refractivity contribution in [2.45, 2.75) is 13.5 Å². The van der Waals surface area contributed by atoms with Gasteiger partial charge in [0, 0.05) is 18.0 Å². The Morgan fingerprint density at radius 2 is 2.06 bits per heavy atom. The van der Waals surface area contributed by atoms with E-state index in [-0.39, 0.29) is 24.1 Å². The Labute approximate surface area is 106 Å². The quantitative estimate of drug-likeness (QED) is 0.811. The number of hydrogen-bond donors (Lipinski definition) is 1. The molecule has 0 radical (unpaired) electrons. The van der Waals surface area contributed by atoms with E-state index in [0.29, 0.717) is 5.56 Å². The largest absolute Gasteiger partial charge is 0.212 e. The van der Waals surface area contributed by atoms with Gasteiger partial charge in [0.2, 0.25) is 10.0 Å². The van der Waals surface area contributed by atoms with Gasteiger partial charge in [-0.3, -0.25) is 0 Å². The highest BCUT2D eigenvalue weighted by molar-refractivity contribution is 7.89. The highest BCUT2D eigenvalue weighted by Crippen LogP contribution is 2.07. The van der Waals surface area contributed by atoms with E-state index >= 15 is 0 Å². The van der Waals surface area contributed by atoms with E-state index in [2.05, 4.69) is 4.72 Å². The van der Waals surface area contributed by atoms with Gasteiger partial charge in [-0.15, -0.1) is 11.6 Å². The van der Waals surface area contributed by atoms with Gasteiger partial charge in [-0.05, 0) is 12.0 Å². The van der Waals surface area contributed by atoms with Crippen LogP contribution in [0, 0.1) is 11.7 Å². The van der Waals surface area contributed by atoms with E-state index in [1.807, 2.05) is 0 Å². The number of halogens is 2. The lowest BCUT2D eigenvalue weighted by Crippen LogP contribution is -2.29. The number of benzene rings is 1.